The quantitative estimate of drug-likeness (QED) is 0.583. The van der Waals surface area contributed by atoms with Crippen molar-refractivity contribution in [2.24, 2.45) is 0 Å². The fourth-order valence-electron chi connectivity index (χ4n) is 2.63. The molecule has 5 nitrogen and oxygen atoms in total. The summed E-state index contributed by atoms with van der Waals surface area (Å²) in [6.45, 7) is 0. The molecule has 7 heteroatoms. The highest BCUT2D eigenvalue weighted by Gasteiger charge is 2.19. The highest BCUT2D eigenvalue weighted by Crippen LogP contribution is 2.25. The van der Waals surface area contributed by atoms with Crippen LogP contribution in [-0.2, 0) is 16.4 Å². The van der Waals surface area contributed by atoms with Gasteiger partial charge in [-0.1, -0.05) is 48.5 Å². The summed E-state index contributed by atoms with van der Waals surface area (Å²) in [7, 11) is -3.94. The molecule has 3 rings (SSSR count). The normalized spacial score (nSPS) is 11.1. The number of hydrogen-bond donors (Lipinski definition) is 2. The van der Waals surface area contributed by atoms with Crippen molar-refractivity contribution in [2.75, 3.05) is 4.72 Å². The molecule has 138 valence electrons. The van der Waals surface area contributed by atoms with E-state index < -0.39 is 16.0 Å². The second-order valence-electron chi connectivity index (χ2n) is 5.87. The van der Waals surface area contributed by atoms with Crippen LogP contribution in [0.25, 0.3) is 0 Å². The lowest BCUT2D eigenvalue weighted by Gasteiger charge is -2.13. The van der Waals surface area contributed by atoms with Crippen molar-refractivity contribution >= 4 is 37.6 Å². The van der Waals surface area contributed by atoms with Crippen LogP contribution in [-0.4, -0.2) is 19.5 Å². The molecule has 0 aliphatic carbocycles. The molecule has 0 saturated heterocycles. The molecule has 2 N–H and O–H groups in total. The van der Waals surface area contributed by atoms with Gasteiger partial charge in [-0.3, -0.25) is 4.72 Å². The summed E-state index contributed by atoms with van der Waals surface area (Å²) in [6, 6.07) is 20.8. The third kappa shape index (κ3) is 4.56. The van der Waals surface area contributed by atoms with Crippen molar-refractivity contribution in [3.05, 3.63) is 94.0 Å². The highest BCUT2D eigenvalue weighted by molar-refractivity contribution is 9.10. The monoisotopic (exact) mass is 445 g/mol. The van der Waals surface area contributed by atoms with Gasteiger partial charge in [-0.2, -0.15) is 0 Å². The second-order valence-corrected chi connectivity index (χ2v) is 8.41. The lowest BCUT2D eigenvalue weighted by Crippen LogP contribution is -2.15. The summed E-state index contributed by atoms with van der Waals surface area (Å²) in [5.41, 5.74) is 2.22. The zero-order chi connectivity index (χ0) is 19.4. The maximum atomic E-state index is 12.8. The van der Waals surface area contributed by atoms with Gasteiger partial charge >= 0.3 is 5.97 Å². The van der Waals surface area contributed by atoms with E-state index in [1.54, 1.807) is 12.1 Å². The van der Waals surface area contributed by atoms with Crippen LogP contribution in [0.5, 0.6) is 0 Å². The first-order valence-corrected chi connectivity index (χ1v) is 10.3. The second kappa shape index (κ2) is 7.94. The fourth-order valence-corrected chi connectivity index (χ4v) is 4.17. The summed E-state index contributed by atoms with van der Waals surface area (Å²) in [4.78, 5) is 11.2. The van der Waals surface area contributed by atoms with Crippen LogP contribution >= 0.6 is 15.9 Å². The van der Waals surface area contributed by atoms with Crippen molar-refractivity contribution in [3.8, 4) is 0 Å². The van der Waals surface area contributed by atoms with E-state index in [0.29, 0.717) is 16.6 Å². The molecule has 0 atom stereocenters. The summed E-state index contributed by atoms with van der Waals surface area (Å²) in [5.74, 6) is -1.21. The van der Waals surface area contributed by atoms with Gasteiger partial charge in [0.2, 0.25) is 0 Å². The van der Waals surface area contributed by atoms with E-state index in [0.717, 1.165) is 17.2 Å². The Hall–Kier alpha value is -2.64. The molecule has 0 saturated carbocycles. The number of carbonyl (C=O) groups is 1. The number of carboxylic acid groups (broad SMARTS) is 1. The number of hydrogen-bond acceptors (Lipinski definition) is 3. The van der Waals surface area contributed by atoms with Crippen molar-refractivity contribution in [1.82, 2.24) is 0 Å². The zero-order valence-corrected chi connectivity index (χ0v) is 16.5. The lowest BCUT2D eigenvalue weighted by molar-refractivity contribution is 0.0695. The van der Waals surface area contributed by atoms with Crippen LogP contribution in [0.1, 0.15) is 21.5 Å². The number of aromatic carboxylic acids is 1. The molecule has 0 radical (unpaired) electrons. The standard InChI is InChI=1S/C20H16BrNO4S/c21-18-11-10-16(13-17(18)20(23)24)27(25,26)22-19-9-5-4-8-15(19)12-14-6-2-1-3-7-14/h1-11,13,22H,12H2,(H,23,24). The van der Waals surface area contributed by atoms with E-state index in [1.165, 1.54) is 12.1 Å². The zero-order valence-electron chi connectivity index (χ0n) is 14.1. The van der Waals surface area contributed by atoms with Crippen LogP contribution in [0.4, 0.5) is 5.69 Å². The van der Waals surface area contributed by atoms with E-state index in [4.69, 9.17) is 0 Å². The molecule has 0 aromatic heterocycles. The van der Waals surface area contributed by atoms with E-state index in [1.807, 2.05) is 42.5 Å². The SMILES string of the molecule is O=C(O)c1cc(S(=O)(=O)Nc2ccccc2Cc2ccccc2)ccc1Br. The van der Waals surface area contributed by atoms with E-state index in [-0.39, 0.29) is 10.5 Å². The Labute approximate surface area is 165 Å². The van der Waals surface area contributed by atoms with Gasteiger partial charge in [0.15, 0.2) is 0 Å². The van der Waals surface area contributed by atoms with Crippen LogP contribution < -0.4 is 4.72 Å². The number of para-hydroxylation sites is 1. The number of halogens is 1. The predicted octanol–water partition coefficient (Wildman–Crippen LogP) is 4.54. The number of rotatable bonds is 6. The molecule has 3 aromatic carbocycles. The van der Waals surface area contributed by atoms with Crippen molar-refractivity contribution in [3.63, 3.8) is 0 Å². The smallest absolute Gasteiger partial charge is 0.336 e. The summed E-state index contributed by atoms with van der Waals surface area (Å²) < 4.78 is 28.4. The Balaban J connectivity index is 1.93. The van der Waals surface area contributed by atoms with Gasteiger partial charge in [-0.05, 0) is 57.7 Å². The van der Waals surface area contributed by atoms with Gasteiger partial charge in [0.05, 0.1) is 16.1 Å². The number of anilines is 1. The van der Waals surface area contributed by atoms with Gasteiger partial charge in [0.25, 0.3) is 10.0 Å². The van der Waals surface area contributed by atoms with E-state index >= 15 is 0 Å². The molecule has 0 fully saturated rings. The molecule has 0 spiro atoms. The topological polar surface area (TPSA) is 83.5 Å². The fraction of sp³-hybridized carbons (Fsp3) is 0.0500. The highest BCUT2D eigenvalue weighted by atomic mass is 79.9. The molecule has 3 aromatic rings. The van der Waals surface area contributed by atoms with Gasteiger partial charge in [0.1, 0.15) is 0 Å². The average Bonchev–Trinajstić information content (AvgIpc) is 2.64. The first-order valence-electron chi connectivity index (χ1n) is 8.04. The molecule has 0 bridgehead atoms. The number of benzene rings is 3. The van der Waals surface area contributed by atoms with Crippen LogP contribution in [0.2, 0.25) is 0 Å². The molecular weight excluding hydrogens is 430 g/mol. The van der Waals surface area contributed by atoms with Gasteiger partial charge in [-0.25, -0.2) is 13.2 Å². The minimum absolute atomic E-state index is 0.113. The number of nitrogens with one attached hydrogen (secondary N) is 1. The van der Waals surface area contributed by atoms with Crippen LogP contribution in [0.15, 0.2) is 82.2 Å². The van der Waals surface area contributed by atoms with Gasteiger partial charge in [-0.15, -0.1) is 0 Å². The van der Waals surface area contributed by atoms with Gasteiger partial charge in [0, 0.05) is 4.47 Å². The molecule has 0 aliphatic rings. The first-order chi connectivity index (χ1) is 12.9. The minimum Gasteiger partial charge on any atom is -0.478 e. The first kappa shape index (κ1) is 19.1. The summed E-state index contributed by atoms with van der Waals surface area (Å²) >= 11 is 3.12. The minimum atomic E-state index is -3.94. The Kier molecular flexibility index (Phi) is 5.62. The third-order valence-corrected chi connectivity index (χ3v) is 6.03. The Morgan fingerprint density at radius 3 is 2.33 bits per heavy atom. The molecule has 0 heterocycles. The Morgan fingerprint density at radius 1 is 0.963 bits per heavy atom. The largest absolute Gasteiger partial charge is 0.478 e. The van der Waals surface area contributed by atoms with Crippen LogP contribution in [0.3, 0.4) is 0 Å². The molecule has 0 amide bonds. The maximum Gasteiger partial charge on any atom is 0.336 e. The summed E-state index contributed by atoms with van der Waals surface area (Å²) in [5, 5.41) is 9.21. The number of sulfonamides is 1. The van der Waals surface area contributed by atoms with Crippen molar-refractivity contribution in [2.45, 2.75) is 11.3 Å². The van der Waals surface area contributed by atoms with Gasteiger partial charge < -0.3 is 5.11 Å². The van der Waals surface area contributed by atoms with Crippen molar-refractivity contribution < 1.29 is 18.3 Å². The average molecular weight is 446 g/mol. The maximum absolute atomic E-state index is 12.8. The van der Waals surface area contributed by atoms with E-state index in [2.05, 4.69) is 20.7 Å². The molecule has 0 unspecified atom stereocenters. The third-order valence-electron chi connectivity index (χ3n) is 3.98. The molecule has 27 heavy (non-hydrogen) atoms. The Bertz CT molecular complexity index is 1080. The lowest BCUT2D eigenvalue weighted by atomic mass is 10.0. The predicted molar refractivity (Wildman–Crippen MR) is 108 cm³/mol. The molecular formula is C20H16BrNO4S. The van der Waals surface area contributed by atoms with Crippen molar-refractivity contribution in [1.29, 1.82) is 0 Å². The summed E-state index contributed by atoms with van der Waals surface area (Å²) in [6.07, 6.45) is 0.570. The molecule has 0 aliphatic heterocycles. The van der Waals surface area contributed by atoms with E-state index in [9.17, 15) is 18.3 Å². The Morgan fingerprint density at radius 2 is 1.63 bits per heavy atom. The van der Waals surface area contributed by atoms with Crippen LogP contribution in [0, 0.1) is 0 Å². The number of carboxylic acids is 1.